The van der Waals surface area contributed by atoms with Gasteiger partial charge in [-0.3, -0.25) is 4.79 Å². The fourth-order valence-corrected chi connectivity index (χ4v) is 1.72. The molecule has 2 aromatic heterocycles. The van der Waals surface area contributed by atoms with Crippen LogP contribution in [0.4, 0.5) is 0 Å². The molecule has 7 heteroatoms. The van der Waals surface area contributed by atoms with E-state index in [0.717, 1.165) is 0 Å². The van der Waals surface area contributed by atoms with Gasteiger partial charge in [-0.1, -0.05) is 28.4 Å². The number of carbonyl (C=O) groups is 1. The van der Waals surface area contributed by atoms with Crippen LogP contribution in [-0.2, 0) is 4.79 Å². The van der Waals surface area contributed by atoms with Crippen molar-refractivity contribution in [1.29, 1.82) is 0 Å². The Morgan fingerprint density at radius 3 is 2.78 bits per heavy atom. The molecule has 0 spiro atoms. The van der Waals surface area contributed by atoms with Crippen molar-refractivity contribution in [1.82, 2.24) is 15.1 Å². The van der Waals surface area contributed by atoms with Gasteiger partial charge in [-0.2, -0.15) is 4.98 Å². The number of pyridine rings is 1. The van der Waals surface area contributed by atoms with Crippen LogP contribution in [0.1, 0.15) is 25.7 Å². The fraction of sp³-hybridized carbons (Fsp3) is 0.273. The van der Waals surface area contributed by atoms with Crippen LogP contribution in [0, 0.1) is 0 Å². The zero-order valence-corrected chi connectivity index (χ0v) is 11.2. The number of aromatic nitrogens is 3. The van der Waals surface area contributed by atoms with Crippen molar-refractivity contribution in [2.45, 2.75) is 19.8 Å². The first-order valence-corrected chi connectivity index (χ1v) is 5.90. The summed E-state index contributed by atoms with van der Waals surface area (Å²) in [6.45, 7) is 3.15. The first kappa shape index (κ1) is 13.0. The molecule has 0 saturated heterocycles. The molecule has 1 atom stereocenters. The molecule has 0 N–H and O–H groups in total. The van der Waals surface area contributed by atoms with E-state index in [1.807, 2.05) is 0 Å². The lowest BCUT2D eigenvalue weighted by molar-refractivity contribution is -0.118. The van der Waals surface area contributed by atoms with Gasteiger partial charge in [-0.05, 0) is 19.9 Å². The van der Waals surface area contributed by atoms with Crippen LogP contribution < -0.4 is 0 Å². The fourth-order valence-electron chi connectivity index (χ4n) is 1.26. The van der Waals surface area contributed by atoms with Crippen molar-refractivity contribution >= 4 is 29.0 Å². The van der Waals surface area contributed by atoms with Crippen LogP contribution >= 0.6 is 23.2 Å². The highest BCUT2D eigenvalue weighted by Gasteiger charge is 2.20. The lowest BCUT2D eigenvalue weighted by atomic mass is 10.1. The molecule has 1 unspecified atom stereocenters. The molecule has 5 nitrogen and oxygen atoms in total. The minimum Gasteiger partial charge on any atom is -0.338 e. The van der Waals surface area contributed by atoms with E-state index in [1.165, 1.54) is 19.2 Å². The summed E-state index contributed by atoms with van der Waals surface area (Å²) in [6.07, 6.45) is 1.44. The van der Waals surface area contributed by atoms with Gasteiger partial charge in [0.2, 0.25) is 11.7 Å². The van der Waals surface area contributed by atoms with Crippen molar-refractivity contribution in [3.05, 3.63) is 28.2 Å². The molecule has 0 radical (unpaired) electrons. The Hall–Kier alpha value is -1.46. The van der Waals surface area contributed by atoms with Crippen LogP contribution in [-0.4, -0.2) is 20.9 Å². The van der Waals surface area contributed by atoms with Gasteiger partial charge in [0.15, 0.2) is 0 Å². The summed E-state index contributed by atoms with van der Waals surface area (Å²) in [4.78, 5) is 19.3. The molecule has 0 aliphatic heterocycles. The third kappa shape index (κ3) is 2.52. The van der Waals surface area contributed by atoms with Crippen molar-refractivity contribution in [3.63, 3.8) is 0 Å². The maximum absolute atomic E-state index is 11.2. The van der Waals surface area contributed by atoms with Gasteiger partial charge < -0.3 is 4.52 Å². The number of halogens is 2. The van der Waals surface area contributed by atoms with E-state index in [9.17, 15) is 4.79 Å². The van der Waals surface area contributed by atoms with Gasteiger partial charge in [-0.25, -0.2) is 4.98 Å². The summed E-state index contributed by atoms with van der Waals surface area (Å²) in [5.74, 6) is -0.0252. The van der Waals surface area contributed by atoms with Crippen molar-refractivity contribution in [3.8, 4) is 11.5 Å². The van der Waals surface area contributed by atoms with Crippen molar-refractivity contribution in [2.75, 3.05) is 0 Å². The second-order valence-electron chi connectivity index (χ2n) is 3.77. The maximum atomic E-state index is 11.2. The summed E-state index contributed by atoms with van der Waals surface area (Å²) in [7, 11) is 0. The van der Waals surface area contributed by atoms with Gasteiger partial charge in [0.25, 0.3) is 0 Å². The largest absolute Gasteiger partial charge is 0.338 e. The molecule has 0 amide bonds. The highest BCUT2D eigenvalue weighted by molar-refractivity contribution is 6.35. The Morgan fingerprint density at radius 2 is 2.17 bits per heavy atom. The van der Waals surface area contributed by atoms with Crippen LogP contribution in [0.15, 0.2) is 16.8 Å². The van der Waals surface area contributed by atoms with Gasteiger partial charge in [0.05, 0.1) is 16.0 Å². The Balaban J connectivity index is 2.38. The number of ketones is 1. The summed E-state index contributed by atoms with van der Waals surface area (Å²) < 4.78 is 5.01. The van der Waals surface area contributed by atoms with Crippen LogP contribution in [0.5, 0.6) is 0 Å². The zero-order valence-electron chi connectivity index (χ0n) is 9.65. The summed E-state index contributed by atoms with van der Waals surface area (Å²) in [6, 6.07) is 1.54. The van der Waals surface area contributed by atoms with Crippen LogP contribution in [0.2, 0.25) is 10.0 Å². The molecule has 0 aromatic carbocycles. The summed E-state index contributed by atoms with van der Waals surface area (Å²) in [5.41, 5.74) is 0.367. The zero-order chi connectivity index (χ0) is 13.3. The second kappa shape index (κ2) is 5.04. The third-order valence-corrected chi connectivity index (χ3v) is 2.94. The molecule has 0 bridgehead atoms. The topological polar surface area (TPSA) is 68.9 Å². The lowest BCUT2D eigenvalue weighted by Gasteiger charge is -1.99. The average Bonchev–Trinajstić information content (AvgIpc) is 2.77. The normalized spacial score (nSPS) is 12.4. The molecule has 18 heavy (non-hydrogen) atoms. The van der Waals surface area contributed by atoms with E-state index in [4.69, 9.17) is 27.7 Å². The van der Waals surface area contributed by atoms with Crippen LogP contribution in [0.25, 0.3) is 11.5 Å². The van der Waals surface area contributed by atoms with E-state index < -0.39 is 5.92 Å². The molecule has 94 valence electrons. The molecular weight excluding hydrogens is 277 g/mol. The number of hydrogen-bond donors (Lipinski definition) is 0. The molecule has 0 aliphatic carbocycles. The minimum absolute atomic E-state index is 0.0552. The highest BCUT2D eigenvalue weighted by atomic mass is 35.5. The Kier molecular flexibility index (Phi) is 3.63. The molecule has 2 rings (SSSR count). The van der Waals surface area contributed by atoms with Crippen molar-refractivity contribution < 1.29 is 9.32 Å². The minimum atomic E-state index is -0.447. The number of Topliss-reactive ketones (excluding diaryl/α,β-unsaturated/α-hetero) is 1. The highest BCUT2D eigenvalue weighted by Crippen LogP contribution is 2.27. The first-order valence-electron chi connectivity index (χ1n) is 5.14. The van der Waals surface area contributed by atoms with Crippen molar-refractivity contribution in [2.24, 2.45) is 0 Å². The smallest absolute Gasteiger partial charge is 0.237 e. The summed E-state index contributed by atoms with van der Waals surface area (Å²) >= 11 is 11.7. The van der Waals surface area contributed by atoms with Gasteiger partial charge in [0.1, 0.15) is 11.5 Å². The quantitative estimate of drug-likeness (QED) is 0.867. The predicted octanol–water partition coefficient (Wildman–Crippen LogP) is 3.13. The maximum Gasteiger partial charge on any atom is 0.237 e. The van der Waals surface area contributed by atoms with Gasteiger partial charge >= 0.3 is 0 Å². The Bertz CT molecular complexity index is 598. The van der Waals surface area contributed by atoms with E-state index in [1.54, 1.807) is 6.92 Å². The second-order valence-corrected chi connectivity index (χ2v) is 4.62. The average molecular weight is 286 g/mol. The first-order chi connectivity index (χ1) is 8.49. The SMILES string of the molecule is CC(=O)C(C)c1nc(-c2ncc(Cl)cc2Cl)no1. The van der Waals surface area contributed by atoms with E-state index in [0.29, 0.717) is 15.7 Å². The predicted molar refractivity (Wildman–Crippen MR) is 66.6 cm³/mol. The monoisotopic (exact) mass is 285 g/mol. The molecule has 2 heterocycles. The standard InChI is InChI=1S/C11H9Cl2N3O2/c1-5(6(2)17)11-15-10(16-18-11)9-8(13)3-7(12)4-14-9/h3-5H,1-2H3. The number of hydrogen-bond acceptors (Lipinski definition) is 5. The Morgan fingerprint density at radius 1 is 1.44 bits per heavy atom. The van der Waals surface area contributed by atoms with E-state index in [-0.39, 0.29) is 17.5 Å². The Labute approximate surface area is 113 Å². The number of rotatable bonds is 3. The molecular formula is C11H9Cl2N3O2. The van der Waals surface area contributed by atoms with E-state index in [2.05, 4.69) is 15.1 Å². The number of nitrogens with zero attached hydrogens (tertiary/aromatic N) is 3. The summed E-state index contributed by atoms with van der Waals surface area (Å²) in [5, 5.41) is 4.50. The van der Waals surface area contributed by atoms with Gasteiger partial charge in [0, 0.05) is 6.20 Å². The van der Waals surface area contributed by atoms with E-state index >= 15 is 0 Å². The van der Waals surface area contributed by atoms with Gasteiger partial charge in [-0.15, -0.1) is 0 Å². The van der Waals surface area contributed by atoms with Crippen LogP contribution in [0.3, 0.4) is 0 Å². The lowest BCUT2D eigenvalue weighted by Crippen LogP contribution is -2.04. The number of carbonyl (C=O) groups excluding carboxylic acids is 1. The molecule has 0 fully saturated rings. The molecule has 0 aliphatic rings. The third-order valence-electron chi connectivity index (χ3n) is 2.44. The molecule has 0 saturated carbocycles. The molecule has 2 aromatic rings.